The lowest BCUT2D eigenvalue weighted by Gasteiger charge is -2.32. The highest BCUT2D eigenvalue weighted by Gasteiger charge is 2.47. The molecule has 2 aromatic carbocycles. The highest BCUT2D eigenvalue weighted by Crippen LogP contribution is 2.31. The Hall–Kier alpha value is -2.73. The first-order valence-electron chi connectivity index (χ1n) is 9.04. The zero-order chi connectivity index (χ0) is 20.6. The van der Waals surface area contributed by atoms with Crippen LogP contribution in [0.4, 0.5) is 13.6 Å². The Morgan fingerprint density at radius 1 is 1.14 bits per heavy atom. The number of carbonyl (C=O) groups excluding carboxylic acids is 1. The van der Waals surface area contributed by atoms with Crippen LogP contribution in [0, 0.1) is 5.92 Å². The van der Waals surface area contributed by atoms with E-state index < -0.39 is 30.1 Å². The largest absolute Gasteiger partial charge is 0.445 e. The number of benzene rings is 2. The Morgan fingerprint density at radius 2 is 1.68 bits per heavy atom. The van der Waals surface area contributed by atoms with E-state index in [2.05, 4.69) is 11.9 Å². The summed E-state index contributed by atoms with van der Waals surface area (Å²) in [5.41, 5.74) is 1.47. The summed E-state index contributed by atoms with van der Waals surface area (Å²) >= 11 is 0. The molecule has 0 heterocycles. The van der Waals surface area contributed by atoms with Gasteiger partial charge in [-0.15, -0.1) is 6.58 Å². The lowest BCUT2D eigenvalue weighted by atomic mass is 9.90. The summed E-state index contributed by atoms with van der Waals surface area (Å²) in [5.74, 6) is -4.73. The Labute approximate surface area is 163 Å². The summed E-state index contributed by atoms with van der Waals surface area (Å²) in [6.07, 6.45) is -1.87. The maximum Gasteiger partial charge on any atom is 0.407 e. The highest BCUT2D eigenvalue weighted by molar-refractivity contribution is 5.67. The number of hydrogen-bond acceptors (Lipinski definition) is 3. The van der Waals surface area contributed by atoms with Gasteiger partial charge in [0, 0.05) is 5.92 Å². The molecule has 0 fully saturated rings. The van der Waals surface area contributed by atoms with Crippen LogP contribution in [0.2, 0.25) is 0 Å². The first-order valence-corrected chi connectivity index (χ1v) is 9.04. The Morgan fingerprint density at radius 3 is 2.21 bits per heavy atom. The number of allylic oxidation sites excluding steroid dienone is 1. The van der Waals surface area contributed by atoms with Gasteiger partial charge >= 0.3 is 6.09 Å². The number of alkyl carbamates (subject to hydrolysis) is 1. The average Bonchev–Trinajstić information content (AvgIpc) is 2.72. The minimum atomic E-state index is -3.46. The quantitative estimate of drug-likeness (QED) is 0.627. The predicted molar refractivity (Wildman–Crippen MR) is 104 cm³/mol. The maximum absolute atomic E-state index is 14.6. The van der Waals surface area contributed by atoms with Crippen molar-refractivity contribution in [3.05, 3.63) is 84.4 Å². The number of aliphatic hydroxyl groups excluding tert-OH is 1. The fraction of sp³-hybridized carbons (Fsp3) is 0.318. The van der Waals surface area contributed by atoms with Crippen LogP contribution in [0.5, 0.6) is 0 Å². The standard InChI is InChI=1S/C22H25F2NO3/c1-3-16(2)22(23,24)20(26)19(14-17-10-6-4-7-11-17)25-21(27)28-15-18-12-8-5-9-13-18/h3-13,16,19-20,26H,1,14-15H2,2H3,(H,25,27). The minimum absolute atomic E-state index is 0.000277. The van der Waals surface area contributed by atoms with Crippen molar-refractivity contribution in [1.82, 2.24) is 5.32 Å². The number of nitrogens with one attached hydrogen (secondary N) is 1. The third kappa shape index (κ3) is 5.89. The van der Waals surface area contributed by atoms with E-state index in [4.69, 9.17) is 4.74 Å². The van der Waals surface area contributed by atoms with Gasteiger partial charge in [-0.3, -0.25) is 0 Å². The van der Waals surface area contributed by atoms with E-state index in [9.17, 15) is 18.7 Å². The van der Waals surface area contributed by atoms with E-state index in [1.807, 2.05) is 6.07 Å². The number of rotatable bonds is 9. The van der Waals surface area contributed by atoms with E-state index in [1.165, 1.54) is 6.92 Å². The third-order valence-electron chi connectivity index (χ3n) is 4.55. The number of halogens is 2. The van der Waals surface area contributed by atoms with Crippen LogP contribution >= 0.6 is 0 Å². The van der Waals surface area contributed by atoms with Gasteiger partial charge in [0.15, 0.2) is 0 Å². The normalized spacial score (nSPS) is 14.6. The van der Waals surface area contributed by atoms with E-state index in [0.717, 1.165) is 11.6 Å². The van der Waals surface area contributed by atoms with Crippen LogP contribution in [0.25, 0.3) is 0 Å². The molecule has 6 heteroatoms. The molecule has 150 valence electrons. The number of amides is 1. The number of hydrogen-bond donors (Lipinski definition) is 2. The number of carbonyl (C=O) groups is 1. The maximum atomic E-state index is 14.6. The van der Waals surface area contributed by atoms with E-state index in [0.29, 0.717) is 5.56 Å². The number of alkyl halides is 2. The second-order valence-electron chi connectivity index (χ2n) is 6.65. The molecule has 0 aliphatic rings. The van der Waals surface area contributed by atoms with Gasteiger partial charge in [-0.05, 0) is 17.5 Å². The summed E-state index contributed by atoms with van der Waals surface area (Å²) in [6.45, 7) is 4.64. The molecule has 28 heavy (non-hydrogen) atoms. The molecule has 3 unspecified atom stereocenters. The second-order valence-corrected chi connectivity index (χ2v) is 6.65. The highest BCUT2D eigenvalue weighted by atomic mass is 19.3. The number of aliphatic hydroxyl groups is 1. The zero-order valence-electron chi connectivity index (χ0n) is 15.7. The molecule has 1 amide bonds. The van der Waals surface area contributed by atoms with Crippen molar-refractivity contribution in [2.45, 2.75) is 38.0 Å². The fourth-order valence-electron chi connectivity index (χ4n) is 2.72. The molecule has 0 aliphatic heterocycles. The van der Waals surface area contributed by atoms with Crippen molar-refractivity contribution in [2.75, 3.05) is 0 Å². The summed E-state index contributed by atoms with van der Waals surface area (Å²) < 4.78 is 34.2. The van der Waals surface area contributed by atoms with E-state index in [-0.39, 0.29) is 13.0 Å². The second kappa shape index (κ2) is 9.99. The van der Waals surface area contributed by atoms with Gasteiger partial charge in [0.2, 0.25) is 0 Å². The van der Waals surface area contributed by atoms with Crippen LogP contribution in [0.15, 0.2) is 73.3 Å². The first kappa shape index (κ1) is 21.6. The molecule has 0 saturated carbocycles. The van der Waals surface area contributed by atoms with Crippen molar-refractivity contribution in [3.8, 4) is 0 Å². The summed E-state index contributed by atoms with van der Waals surface area (Å²) in [5, 5.41) is 12.8. The first-order chi connectivity index (χ1) is 13.3. The minimum Gasteiger partial charge on any atom is -0.445 e. The summed E-state index contributed by atoms with van der Waals surface area (Å²) in [4.78, 5) is 12.2. The SMILES string of the molecule is C=CC(C)C(F)(F)C(O)C(Cc1ccccc1)NC(=O)OCc1ccccc1. The van der Waals surface area contributed by atoms with Crippen molar-refractivity contribution in [3.63, 3.8) is 0 Å². The van der Waals surface area contributed by atoms with E-state index in [1.54, 1.807) is 54.6 Å². The topological polar surface area (TPSA) is 58.6 Å². The molecule has 3 atom stereocenters. The molecule has 0 radical (unpaired) electrons. The lowest BCUT2D eigenvalue weighted by molar-refractivity contribution is -0.142. The molecule has 2 rings (SSSR count). The molecule has 4 nitrogen and oxygen atoms in total. The van der Waals surface area contributed by atoms with Gasteiger partial charge in [-0.25, -0.2) is 13.6 Å². The van der Waals surface area contributed by atoms with Crippen LogP contribution in [-0.4, -0.2) is 29.3 Å². The number of ether oxygens (including phenoxy) is 1. The van der Waals surface area contributed by atoms with Crippen molar-refractivity contribution in [1.29, 1.82) is 0 Å². The average molecular weight is 389 g/mol. The molecule has 2 N–H and O–H groups in total. The molecule has 0 saturated heterocycles. The third-order valence-corrected chi connectivity index (χ3v) is 4.55. The van der Waals surface area contributed by atoms with Gasteiger partial charge in [0.05, 0.1) is 6.04 Å². The molecular formula is C22H25F2NO3. The Kier molecular flexibility index (Phi) is 7.70. The Balaban J connectivity index is 2.10. The predicted octanol–water partition coefficient (Wildman–Crippen LogP) is 4.34. The van der Waals surface area contributed by atoms with Gasteiger partial charge in [-0.1, -0.05) is 73.7 Å². The van der Waals surface area contributed by atoms with Gasteiger partial charge < -0.3 is 15.2 Å². The molecule has 0 bridgehead atoms. The fourth-order valence-corrected chi connectivity index (χ4v) is 2.72. The summed E-state index contributed by atoms with van der Waals surface area (Å²) in [6, 6.07) is 16.6. The monoisotopic (exact) mass is 389 g/mol. The lowest BCUT2D eigenvalue weighted by Crippen LogP contribution is -2.54. The van der Waals surface area contributed by atoms with Gasteiger partial charge in [0.25, 0.3) is 5.92 Å². The smallest absolute Gasteiger partial charge is 0.407 e. The Bertz CT molecular complexity index is 753. The zero-order valence-corrected chi connectivity index (χ0v) is 15.7. The van der Waals surface area contributed by atoms with Gasteiger partial charge in [0.1, 0.15) is 12.7 Å². The molecule has 0 aliphatic carbocycles. The molecular weight excluding hydrogens is 364 g/mol. The van der Waals surface area contributed by atoms with Crippen LogP contribution < -0.4 is 5.32 Å². The molecule has 2 aromatic rings. The van der Waals surface area contributed by atoms with Crippen molar-refractivity contribution < 1.29 is 23.4 Å². The van der Waals surface area contributed by atoms with Crippen LogP contribution in [-0.2, 0) is 17.8 Å². The van der Waals surface area contributed by atoms with Gasteiger partial charge in [-0.2, -0.15) is 0 Å². The van der Waals surface area contributed by atoms with E-state index >= 15 is 0 Å². The molecule has 0 spiro atoms. The van der Waals surface area contributed by atoms with Crippen molar-refractivity contribution in [2.24, 2.45) is 5.92 Å². The van der Waals surface area contributed by atoms with Crippen LogP contribution in [0.1, 0.15) is 18.1 Å². The van der Waals surface area contributed by atoms with Crippen LogP contribution in [0.3, 0.4) is 0 Å². The molecule has 0 aromatic heterocycles. The summed E-state index contributed by atoms with van der Waals surface area (Å²) in [7, 11) is 0. The van der Waals surface area contributed by atoms with Crippen molar-refractivity contribution >= 4 is 6.09 Å².